The second kappa shape index (κ2) is 5.99. The summed E-state index contributed by atoms with van der Waals surface area (Å²) in [7, 11) is 1.60. The van der Waals surface area contributed by atoms with E-state index in [4.69, 9.17) is 11.6 Å². The van der Waals surface area contributed by atoms with E-state index in [0.29, 0.717) is 0 Å². The maximum Gasteiger partial charge on any atom is 0.417 e. The predicted molar refractivity (Wildman–Crippen MR) is 71.4 cm³/mol. The van der Waals surface area contributed by atoms with Gasteiger partial charge in [-0.05, 0) is 39.1 Å². The molecule has 0 spiro atoms. The van der Waals surface area contributed by atoms with Crippen molar-refractivity contribution in [2.75, 3.05) is 12.4 Å². The number of hydrogen-bond acceptors (Lipinski definition) is 3. The fourth-order valence-electron chi connectivity index (χ4n) is 1.48. The summed E-state index contributed by atoms with van der Waals surface area (Å²) in [6.45, 7) is 3.23. The largest absolute Gasteiger partial charge is 0.417 e. The van der Waals surface area contributed by atoms with Crippen LogP contribution in [0.3, 0.4) is 0 Å². The van der Waals surface area contributed by atoms with Gasteiger partial charge in [-0.3, -0.25) is 10.2 Å². The van der Waals surface area contributed by atoms with E-state index >= 15 is 0 Å². The van der Waals surface area contributed by atoms with Crippen LogP contribution in [0.1, 0.15) is 19.4 Å². The molecular formula is C12H15ClF3N3O. The molecule has 4 nitrogen and oxygen atoms in total. The van der Waals surface area contributed by atoms with Gasteiger partial charge in [0.15, 0.2) is 0 Å². The van der Waals surface area contributed by atoms with E-state index in [1.165, 1.54) is 0 Å². The maximum absolute atomic E-state index is 12.5. The molecule has 1 rings (SSSR count). The Morgan fingerprint density at radius 1 is 1.25 bits per heavy atom. The first-order valence-electron chi connectivity index (χ1n) is 5.70. The van der Waals surface area contributed by atoms with E-state index in [9.17, 15) is 18.0 Å². The number of alkyl halides is 3. The Labute approximate surface area is 119 Å². The molecule has 0 saturated heterocycles. The number of carbonyl (C=O) groups excluding carboxylic acids is 1. The molecule has 8 heteroatoms. The van der Waals surface area contributed by atoms with Crippen molar-refractivity contribution < 1.29 is 18.0 Å². The van der Waals surface area contributed by atoms with Gasteiger partial charge >= 0.3 is 6.18 Å². The van der Waals surface area contributed by atoms with E-state index < -0.39 is 28.2 Å². The SMILES string of the molecule is CNNC(C)(C)C(=O)Nc1ccc(C(F)(F)F)c(Cl)c1. The number of benzene rings is 1. The highest BCUT2D eigenvalue weighted by Gasteiger charge is 2.33. The normalized spacial score (nSPS) is 12.3. The molecule has 0 atom stereocenters. The molecule has 1 amide bonds. The first-order chi connectivity index (χ1) is 9.08. The molecule has 0 aliphatic carbocycles. The van der Waals surface area contributed by atoms with Crippen molar-refractivity contribution in [2.45, 2.75) is 25.6 Å². The molecule has 0 bridgehead atoms. The van der Waals surface area contributed by atoms with Gasteiger partial charge in [0.05, 0.1) is 10.6 Å². The van der Waals surface area contributed by atoms with Crippen LogP contribution in [-0.4, -0.2) is 18.5 Å². The van der Waals surface area contributed by atoms with Crippen molar-refractivity contribution in [2.24, 2.45) is 0 Å². The van der Waals surface area contributed by atoms with Crippen LogP contribution in [-0.2, 0) is 11.0 Å². The van der Waals surface area contributed by atoms with Crippen molar-refractivity contribution in [1.82, 2.24) is 10.9 Å². The number of carbonyl (C=O) groups is 1. The summed E-state index contributed by atoms with van der Waals surface area (Å²) < 4.78 is 37.6. The van der Waals surface area contributed by atoms with Crippen LogP contribution in [0, 0.1) is 0 Å². The second-order valence-corrected chi connectivity index (χ2v) is 5.05. The number of hydrogen-bond donors (Lipinski definition) is 3. The zero-order valence-corrected chi connectivity index (χ0v) is 11.9. The molecule has 0 saturated carbocycles. The zero-order valence-electron chi connectivity index (χ0n) is 11.2. The van der Waals surface area contributed by atoms with E-state index in [2.05, 4.69) is 16.2 Å². The smallest absolute Gasteiger partial charge is 0.324 e. The van der Waals surface area contributed by atoms with Gasteiger partial charge in [0.25, 0.3) is 0 Å². The lowest BCUT2D eigenvalue weighted by Crippen LogP contribution is -2.54. The van der Waals surface area contributed by atoms with Gasteiger partial charge in [0.2, 0.25) is 5.91 Å². The number of nitrogens with one attached hydrogen (secondary N) is 3. The van der Waals surface area contributed by atoms with Crippen LogP contribution >= 0.6 is 11.6 Å². The van der Waals surface area contributed by atoms with Gasteiger partial charge < -0.3 is 5.32 Å². The molecule has 0 radical (unpaired) electrons. The monoisotopic (exact) mass is 309 g/mol. The molecular weight excluding hydrogens is 295 g/mol. The van der Waals surface area contributed by atoms with Crippen LogP contribution in [0.5, 0.6) is 0 Å². The Bertz CT molecular complexity index is 503. The lowest BCUT2D eigenvalue weighted by molar-refractivity contribution is -0.137. The molecule has 0 fully saturated rings. The summed E-state index contributed by atoms with van der Waals surface area (Å²) in [5.74, 6) is -0.414. The average molecular weight is 310 g/mol. The topological polar surface area (TPSA) is 53.2 Å². The van der Waals surface area contributed by atoms with E-state index in [1.54, 1.807) is 20.9 Å². The summed E-state index contributed by atoms with van der Waals surface area (Å²) in [5, 5.41) is 2.03. The van der Waals surface area contributed by atoms with E-state index in [0.717, 1.165) is 18.2 Å². The van der Waals surface area contributed by atoms with Crippen LogP contribution in [0.15, 0.2) is 18.2 Å². The third kappa shape index (κ3) is 4.09. The number of rotatable bonds is 4. The maximum atomic E-state index is 12.5. The summed E-state index contributed by atoms with van der Waals surface area (Å²) in [5.41, 5.74) is 3.66. The second-order valence-electron chi connectivity index (χ2n) is 4.65. The van der Waals surface area contributed by atoms with Crippen molar-refractivity contribution >= 4 is 23.2 Å². The van der Waals surface area contributed by atoms with Crippen LogP contribution in [0.25, 0.3) is 0 Å². The molecule has 0 aliphatic rings. The van der Waals surface area contributed by atoms with Gasteiger partial charge in [-0.2, -0.15) is 13.2 Å². The Morgan fingerprint density at radius 3 is 2.30 bits per heavy atom. The minimum atomic E-state index is -4.52. The standard InChI is InChI=1S/C12H15ClF3N3O/c1-11(2,19-17-3)10(20)18-7-4-5-8(9(13)6-7)12(14,15)16/h4-6,17,19H,1-3H3,(H,18,20). The van der Waals surface area contributed by atoms with E-state index in [-0.39, 0.29) is 5.69 Å². The van der Waals surface area contributed by atoms with Crippen molar-refractivity contribution in [1.29, 1.82) is 0 Å². The fourth-order valence-corrected chi connectivity index (χ4v) is 1.77. The molecule has 0 unspecified atom stereocenters. The molecule has 1 aromatic carbocycles. The Morgan fingerprint density at radius 2 is 1.85 bits per heavy atom. The van der Waals surface area contributed by atoms with Crippen LogP contribution in [0.2, 0.25) is 5.02 Å². The predicted octanol–water partition coefficient (Wildman–Crippen LogP) is 2.80. The first-order valence-corrected chi connectivity index (χ1v) is 6.08. The zero-order chi connectivity index (χ0) is 15.6. The highest BCUT2D eigenvalue weighted by atomic mass is 35.5. The third-order valence-electron chi connectivity index (χ3n) is 2.54. The molecule has 112 valence electrons. The summed E-state index contributed by atoms with van der Waals surface area (Å²) in [6, 6.07) is 3.05. The fraction of sp³-hybridized carbons (Fsp3) is 0.417. The summed E-state index contributed by atoms with van der Waals surface area (Å²) in [4.78, 5) is 11.9. The summed E-state index contributed by atoms with van der Waals surface area (Å²) in [6.07, 6.45) is -4.52. The van der Waals surface area contributed by atoms with Crippen LogP contribution < -0.4 is 16.2 Å². The minimum absolute atomic E-state index is 0.193. The number of amides is 1. The third-order valence-corrected chi connectivity index (χ3v) is 2.85. The first kappa shape index (κ1) is 16.7. The van der Waals surface area contributed by atoms with Crippen molar-refractivity contribution in [3.05, 3.63) is 28.8 Å². The van der Waals surface area contributed by atoms with E-state index in [1.807, 2.05) is 0 Å². The number of halogens is 4. The molecule has 3 N–H and O–H groups in total. The molecule has 0 aliphatic heterocycles. The molecule has 0 heterocycles. The summed E-state index contributed by atoms with van der Waals surface area (Å²) >= 11 is 5.57. The number of anilines is 1. The van der Waals surface area contributed by atoms with Gasteiger partial charge in [-0.25, -0.2) is 5.43 Å². The Kier molecular flexibility index (Phi) is 5.01. The Balaban J connectivity index is 2.91. The number of hydrazine groups is 1. The molecule has 20 heavy (non-hydrogen) atoms. The van der Waals surface area contributed by atoms with Gasteiger partial charge in [-0.1, -0.05) is 11.6 Å². The van der Waals surface area contributed by atoms with Crippen molar-refractivity contribution in [3.8, 4) is 0 Å². The van der Waals surface area contributed by atoms with Gasteiger partial charge in [0, 0.05) is 5.69 Å². The molecule has 0 aromatic heterocycles. The van der Waals surface area contributed by atoms with Crippen LogP contribution in [0.4, 0.5) is 18.9 Å². The minimum Gasteiger partial charge on any atom is -0.324 e. The Hall–Kier alpha value is -1.31. The lowest BCUT2D eigenvalue weighted by Gasteiger charge is -2.24. The average Bonchev–Trinajstić information content (AvgIpc) is 2.26. The van der Waals surface area contributed by atoms with Gasteiger partial charge in [-0.15, -0.1) is 0 Å². The quantitative estimate of drug-likeness (QED) is 0.750. The molecule has 1 aromatic rings. The van der Waals surface area contributed by atoms with Crippen molar-refractivity contribution in [3.63, 3.8) is 0 Å². The van der Waals surface area contributed by atoms with Gasteiger partial charge in [0.1, 0.15) is 5.54 Å². The highest BCUT2D eigenvalue weighted by molar-refractivity contribution is 6.31. The lowest BCUT2D eigenvalue weighted by atomic mass is 10.1. The highest BCUT2D eigenvalue weighted by Crippen LogP contribution is 2.35.